The number of nitro benzene ring substituents is 1. The Labute approximate surface area is 108 Å². The van der Waals surface area contributed by atoms with E-state index in [1.54, 1.807) is 0 Å². The molecule has 7 nitrogen and oxygen atoms in total. The molecule has 1 heterocycles. The number of hydrogen-bond donors (Lipinski definition) is 1. The van der Waals surface area contributed by atoms with E-state index in [0.717, 1.165) is 24.7 Å². The summed E-state index contributed by atoms with van der Waals surface area (Å²) in [6.07, 6.45) is 1.53. The van der Waals surface area contributed by atoms with Gasteiger partial charge in [0.05, 0.1) is 16.8 Å². The van der Waals surface area contributed by atoms with E-state index in [0.29, 0.717) is 12.2 Å². The highest BCUT2D eigenvalue weighted by Gasteiger charge is 2.17. The highest BCUT2D eigenvalue weighted by atomic mass is 19.1. The molecule has 0 radical (unpaired) electrons. The molecule has 0 unspecified atom stereocenters. The fourth-order valence-electron chi connectivity index (χ4n) is 1.58. The van der Waals surface area contributed by atoms with E-state index in [4.69, 9.17) is 0 Å². The summed E-state index contributed by atoms with van der Waals surface area (Å²) in [4.78, 5) is 10.3. The first-order valence-corrected chi connectivity index (χ1v) is 5.68. The van der Waals surface area contributed by atoms with Crippen LogP contribution in [0.1, 0.15) is 12.6 Å². The number of nitro groups is 1. The van der Waals surface area contributed by atoms with Gasteiger partial charge in [-0.25, -0.2) is 9.07 Å². The lowest BCUT2D eigenvalue weighted by molar-refractivity contribution is -0.384. The van der Waals surface area contributed by atoms with Crippen LogP contribution in [0.2, 0.25) is 0 Å². The van der Waals surface area contributed by atoms with Crippen molar-refractivity contribution in [3.8, 4) is 5.69 Å². The van der Waals surface area contributed by atoms with E-state index < -0.39 is 10.7 Å². The van der Waals surface area contributed by atoms with E-state index in [9.17, 15) is 14.5 Å². The molecule has 0 atom stereocenters. The first-order chi connectivity index (χ1) is 9.11. The Balaban J connectivity index is 2.37. The maximum atomic E-state index is 13.2. The number of aromatic nitrogens is 3. The second kappa shape index (κ2) is 5.53. The van der Waals surface area contributed by atoms with Crippen LogP contribution in [0.25, 0.3) is 5.69 Å². The van der Waals surface area contributed by atoms with Crippen molar-refractivity contribution in [2.45, 2.75) is 13.5 Å². The molecule has 0 saturated heterocycles. The number of rotatable bonds is 5. The Kier molecular flexibility index (Phi) is 3.81. The van der Waals surface area contributed by atoms with Crippen molar-refractivity contribution in [1.29, 1.82) is 0 Å². The van der Waals surface area contributed by atoms with Crippen molar-refractivity contribution in [2.24, 2.45) is 0 Å². The van der Waals surface area contributed by atoms with Crippen LogP contribution in [0.4, 0.5) is 10.1 Å². The molecule has 0 bridgehead atoms. The lowest BCUT2D eigenvalue weighted by Gasteiger charge is -2.01. The molecule has 1 aromatic heterocycles. The second-order valence-corrected chi connectivity index (χ2v) is 3.82. The van der Waals surface area contributed by atoms with Gasteiger partial charge in [-0.05, 0) is 12.6 Å². The van der Waals surface area contributed by atoms with Gasteiger partial charge in [-0.2, -0.15) is 0 Å². The van der Waals surface area contributed by atoms with Gasteiger partial charge < -0.3 is 5.32 Å². The number of benzene rings is 1. The van der Waals surface area contributed by atoms with Crippen molar-refractivity contribution in [3.05, 3.63) is 46.0 Å². The van der Waals surface area contributed by atoms with Gasteiger partial charge in [-0.1, -0.05) is 12.1 Å². The molecule has 100 valence electrons. The summed E-state index contributed by atoms with van der Waals surface area (Å²) in [6, 6.07) is 3.21. The molecule has 1 N–H and O–H groups in total. The molecule has 0 amide bonds. The Morgan fingerprint density at radius 3 is 3.00 bits per heavy atom. The average molecular weight is 265 g/mol. The monoisotopic (exact) mass is 265 g/mol. The molecule has 2 rings (SSSR count). The standard InChI is InChI=1S/C11H12FN5O2/c1-2-13-6-9-7-16(15-14-9)11-5-8(12)3-4-10(11)17(18)19/h3-5,7,13H,2,6H2,1H3. The smallest absolute Gasteiger partial charge is 0.295 e. The average Bonchev–Trinajstić information content (AvgIpc) is 2.84. The highest BCUT2D eigenvalue weighted by molar-refractivity contribution is 5.51. The summed E-state index contributed by atoms with van der Waals surface area (Å²) in [5.41, 5.74) is 0.460. The van der Waals surface area contributed by atoms with E-state index in [-0.39, 0.29) is 11.4 Å². The molecule has 0 aliphatic rings. The van der Waals surface area contributed by atoms with Gasteiger partial charge in [-0.15, -0.1) is 5.10 Å². The van der Waals surface area contributed by atoms with Gasteiger partial charge in [0, 0.05) is 18.7 Å². The topological polar surface area (TPSA) is 85.9 Å². The van der Waals surface area contributed by atoms with Crippen LogP contribution < -0.4 is 5.32 Å². The first-order valence-electron chi connectivity index (χ1n) is 5.68. The zero-order valence-corrected chi connectivity index (χ0v) is 10.2. The summed E-state index contributed by atoms with van der Waals surface area (Å²) in [6.45, 7) is 3.22. The molecule has 0 aliphatic carbocycles. The fraction of sp³-hybridized carbons (Fsp3) is 0.273. The molecular formula is C11H12FN5O2. The van der Waals surface area contributed by atoms with Gasteiger partial charge in [0.1, 0.15) is 11.5 Å². The molecule has 0 spiro atoms. The quantitative estimate of drug-likeness (QED) is 0.652. The molecule has 1 aromatic carbocycles. The van der Waals surface area contributed by atoms with Crippen LogP contribution in [-0.2, 0) is 6.54 Å². The summed E-state index contributed by atoms with van der Waals surface area (Å²) >= 11 is 0. The van der Waals surface area contributed by atoms with Gasteiger partial charge in [0.15, 0.2) is 0 Å². The number of nitrogens with one attached hydrogen (secondary N) is 1. The third-order valence-electron chi connectivity index (χ3n) is 2.48. The predicted octanol–water partition coefficient (Wildman–Crippen LogP) is 1.42. The molecule has 8 heteroatoms. The van der Waals surface area contributed by atoms with Crippen LogP contribution in [-0.4, -0.2) is 26.5 Å². The number of nitrogens with zero attached hydrogens (tertiary/aromatic N) is 4. The van der Waals surface area contributed by atoms with Gasteiger partial charge in [-0.3, -0.25) is 10.1 Å². The highest BCUT2D eigenvalue weighted by Crippen LogP contribution is 2.22. The Morgan fingerprint density at radius 2 is 2.32 bits per heavy atom. The first kappa shape index (κ1) is 13.1. The summed E-state index contributed by atoms with van der Waals surface area (Å²) in [5, 5.41) is 21.6. The third-order valence-corrected chi connectivity index (χ3v) is 2.48. The lowest BCUT2D eigenvalue weighted by atomic mass is 10.2. The van der Waals surface area contributed by atoms with E-state index in [1.165, 1.54) is 10.9 Å². The van der Waals surface area contributed by atoms with Crippen LogP contribution in [0.3, 0.4) is 0 Å². The van der Waals surface area contributed by atoms with Crippen LogP contribution in [0.5, 0.6) is 0 Å². The van der Waals surface area contributed by atoms with Crippen molar-refractivity contribution < 1.29 is 9.31 Å². The van der Waals surface area contributed by atoms with Gasteiger partial charge >= 0.3 is 0 Å². The van der Waals surface area contributed by atoms with Crippen molar-refractivity contribution in [3.63, 3.8) is 0 Å². The number of hydrogen-bond acceptors (Lipinski definition) is 5. The minimum atomic E-state index is -0.583. The zero-order chi connectivity index (χ0) is 13.8. The van der Waals surface area contributed by atoms with E-state index >= 15 is 0 Å². The van der Waals surface area contributed by atoms with E-state index in [1.807, 2.05) is 6.92 Å². The molecule has 2 aromatic rings. The van der Waals surface area contributed by atoms with Crippen LogP contribution in [0, 0.1) is 15.9 Å². The normalized spacial score (nSPS) is 10.6. The summed E-state index contributed by atoms with van der Waals surface area (Å²) in [7, 11) is 0. The fourth-order valence-corrected chi connectivity index (χ4v) is 1.58. The van der Waals surface area contributed by atoms with Crippen LogP contribution >= 0.6 is 0 Å². The summed E-state index contributed by atoms with van der Waals surface area (Å²) < 4.78 is 14.4. The zero-order valence-electron chi connectivity index (χ0n) is 10.2. The molecular weight excluding hydrogens is 253 g/mol. The largest absolute Gasteiger partial charge is 0.311 e. The van der Waals surface area contributed by atoms with Crippen molar-refractivity contribution >= 4 is 5.69 Å². The molecule has 0 saturated carbocycles. The van der Waals surface area contributed by atoms with Crippen LogP contribution in [0.15, 0.2) is 24.4 Å². The SMILES string of the molecule is CCNCc1cn(-c2cc(F)ccc2[N+](=O)[O-])nn1. The van der Waals surface area contributed by atoms with Crippen molar-refractivity contribution in [2.75, 3.05) is 6.54 Å². The maximum absolute atomic E-state index is 13.2. The lowest BCUT2D eigenvalue weighted by Crippen LogP contribution is -2.11. The minimum absolute atomic E-state index is 0.0558. The Hall–Kier alpha value is -2.35. The predicted molar refractivity (Wildman–Crippen MR) is 65.4 cm³/mol. The summed E-state index contributed by atoms with van der Waals surface area (Å²) in [5.74, 6) is -0.565. The number of halogens is 1. The van der Waals surface area contributed by atoms with Gasteiger partial charge in [0.25, 0.3) is 5.69 Å². The molecule has 0 fully saturated rings. The molecule has 0 aliphatic heterocycles. The van der Waals surface area contributed by atoms with Crippen molar-refractivity contribution in [1.82, 2.24) is 20.3 Å². The molecule has 19 heavy (non-hydrogen) atoms. The third kappa shape index (κ3) is 2.91. The van der Waals surface area contributed by atoms with Gasteiger partial charge in [0.2, 0.25) is 0 Å². The minimum Gasteiger partial charge on any atom is -0.311 e. The maximum Gasteiger partial charge on any atom is 0.295 e. The second-order valence-electron chi connectivity index (χ2n) is 3.82. The Morgan fingerprint density at radius 1 is 1.53 bits per heavy atom. The van der Waals surface area contributed by atoms with E-state index in [2.05, 4.69) is 15.6 Å². The Bertz CT molecular complexity index is 599.